The molecule has 2 aromatic rings. The Labute approximate surface area is 171 Å². The second-order valence-corrected chi connectivity index (χ2v) is 10.8. The van der Waals surface area contributed by atoms with Gasteiger partial charge in [-0.1, -0.05) is 13.0 Å². The average molecular weight is 419 g/mol. The summed E-state index contributed by atoms with van der Waals surface area (Å²) in [5, 5.41) is 2.02. The fraction of sp³-hybridized carbons (Fsp3) is 0.476. The van der Waals surface area contributed by atoms with Gasteiger partial charge in [0.2, 0.25) is 10.0 Å². The molecule has 0 spiro atoms. The third-order valence-electron chi connectivity index (χ3n) is 5.64. The molecular formula is C21H26N2O3S2. The summed E-state index contributed by atoms with van der Waals surface area (Å²) in [6.45, 7) is 3.92. The van der Waals surface area contributed by atoms with Crippen molar-refractivity contribution in [3.63, 3.8) is 0 Å². The number of rotatable bonds is 6. The number of carbonyl (C=O) groups is 1. The summed E-state index contributed by atoms with van der Waals surface area (Å²) < 4.78 is 27.3. The Hall–Kier alpha value is -1.70. The van der Waals surface area contributed by atoms with E-state index < -0.39 is 10.0 Å². The molecule has 2 aliphatic rings. The van der Waals surface area contributed by atoms with Crippen molar-refractivity contribution in [3.8, 4) is 0 Å². The van der Waals surface area contributed by atoms with E-state index in [1.165, 1.54) is 4.88 Å². The van der Waals surface area contributed by atoms with E-state index in [4.69, 9.17) is 0 Å². The Morgan fingerprint density at radius 2 is 1.79 bits per heavy atom. The van der Waals surface area contributed by atoms with Crippen molar-refractivity contribution < 1.29 is 13.2 Å². The molecule has 2 heterocycles. The van der Waals surface area contributed by atoms with Gasteiger partial charge >= 0.3 is 0 Å². The smallest absolute Gasteiger partial charge is 0.254 e. The lowest BCUT2D eigenvalue weighted by molar-refractivity contribution is 0.0731. The van der Waals surface area contributed by atoms with E-state index >= 15 is 0 Å². The normalized spacial score (nSPS) is 18.9. The molecule has 0 radical (unpaired) electrons. The average Bonchev–Trinajstić information content (AvgIpc) is 3.41. The zero-order chi connectivity index (χ0) is 19.7. The number of hydrogen-bond acceptors (Lipinski definition) is 4. The fourth-order valence-electron chi connectivity index (χ4n) is 3.63. The van der Waals surface area contributed by atoms with Crippen molar-refractivity contribution in [2.75, 3.05) is 13.1 Å². The van der Waals surface area contributed by atoms with Gasteiger partial charge in [0, 0.05) is 29.6 Å². The topological polar surface area (TPSA) is 57.7 Å². The molecule has 0 unspecified atom stereocenters. The first kappa shape index (κ1) is 19.6. The van der Waals surface area contributed by atoms with E-state index in [1.807, 2.05) is 22.4 Å². The lowest BCUT2D eigenvalue weighted by Crippen LogP contribution is -2.37. The van der Waals surface area contributed by atoms with Crippen LogP contribution < -0.4 is 0 Å². The number of benzene rings is 1. The van der Waals surface area contributed by atoms with Crippen molar-refractivity contribution in [1.82, 2.24) is 9.21 Å². The molecule has 4 rings (SSSR count). The Morgan fingerprint density at radius 1 is 1.11 bits per heavy atom. The van der Waals surface area contributed by atoms with Gasteiger partial charge in [-0.3, -0.25) is 4.79 Å². The highest BCUT2D eigenvalue weighted by Crippen LogP contribution is 2.31. The molecule has 1 aromatic carbocycles. The first-order valence-corrected chi connectivity index (χ1v) is 12.2. The van der Waals surface area contributed by atoms with Crippen LogP contribution in [0.15, 0.2) is 46.7 Å². The predicted molar refractivity (Wildman–Crippen MR) is 111 cm³/mol. The van der Waals surface area contributed by atoms with E-state index in [-0.39, 0.29) is 10.8 Å². The summed E-state index contributed by atoms with van der Waals surface area (Å²) in [6, 6.07) is 10.8. The molecular weight excluding hydrogens is 392 g/mol. The summed E-state index contributed by atoms with van der Waals surface area (Å²) in [6.07, 6.45) is 3.87. The molecule has 0 bridgehead atoms. The van der Waals surface area contributed by atoms with Gasteiger partial charge < -0.3 is 4.90 Å². The molecule has 1 aliphatic carbocycles. The SMILES string of the molecule is CC1CCN(S(=O)(=O)c2ccc(C(=O)N(Cc3cccs3)C3CC3)cc2)CC1. The quantitative estimate of drug-likeness (QED) is 0.713. The van der Waals surface area contributed by atoms with E-state index in [0.717, 1.165) is 25.7 Å². The molecule has 0 atom stereocenters. The van der Waals surface area contributed by atoms with Gasteiger partial charge in [-0.2, -0.15) is 4.31 Å². The van der Waals surface area contributed by atoms with E-state index in [2.05, 4.69) is 6.92 Å². The summed E-state index contributed by atoms with van der Waals surface area (Å²) >= 11 is 1.65. The predicted octanol–water partition coefficient (Wildman–Crippen LogP) is 3.97. The minimum Gasteiger partial charge on any atom is -0.331 e. The lowest BCUT2D eigenvalue weighted by Gasteiger charge is -2.29. The maximum Gasteiger partial charge on any atom is 0.254 e. The van der Waals surface area contributed by atoms with Crippen LogP contribution in [-0.4, -0.2) is 42.7 Å². The van der Waals surface area contributed by atoms with Gasteiger partial charge in [-0.25, -0.2) is 8.42 Å². The fourth-order valence-corrected chi connectivity index (χ4v) is 5.81. The second kappa shape index (κ2) is 7.97. The van der Waals surface area contributed by atoms with Crippen LogP contribution in [0.1, 0.15) is 47.8 Å². The Kier molecular flexibility index (Phi) is 5.58. The number of thiophene rings is 1. The zero-order valence-corrected chi connectivity index (χ0v) is 17.7. The van der Waals surface area contributed by atoms with Gasteiger partial charge in [-0.05, 0) is 67.3 Å². The molecule has 1 aromatic heterocycles. The van der Waals surface area contributed by atoms with Crippen molar-refractivity contribution in [1.29, 1.82) is 0 Å². The van der Waals surface area contributed by atoms with Crippen LogP contribution in [0.5, 0.6) is 0 Å². The molecule has 5 nitrogen and oxygen atoms in total. The molecule has 1 saturated carbocycles. The number of amides is 1. The first-order chi connectivity index (χ1) is 13.4. The third-order valence-corrected chi connectivity index (χ3v) is 8.41. The molecule has 2 fully saturated rings. The minimum absolute atomic E-state index is 0.0216. The number of hydrogen-bond donors (Lipinski definition) is 0. The monoisotopic (exact) mass is 418 g/mol. The van der Waals surface area contributed by atoms with Crippen LogP contribution in [-0.2, 0) is 16.6 Å². The first-order valence-electron chi connectivity index (χ1n) is 9.89. The summed E-state index contributed by atoms with van der Waals surface area (Å²) in [4.78, 5) is 16.4. The van der Waals surface area contributed by atoms with E-state index in [1.54, 1.807) is 39.9 Å². The molecule has 7 heteroatoms. The molecule has 1 saturated heterocycles. The van der Waals surface area contributed by atoms with Crippen LogP contribution in [0.25, 0.3) is 0 Å². The van der Waals surface area contributed by atoms with Gasteiger partial charge in [0.15, 0.2) is 0 Å². The largest absolute Gasteiger partial charge is 0.331 e. The molecule has 28 heavy (non-hydrogen) atoms. The molecule has 1 aliphatic heterocycles. The maximum absolute atomic E-state index is 13.0. The van der Waals surface area contributed by atoms with Crippen LogP contribution in [0.2, 0.25) is 0 Å². The zero-order valence-electron chi connectivity index (χ0n) is 16.1. The summed E-state index contributed by atoms with van der Waals surface area (Å²) in [7, 11) is -3.48. The van der Waals surface area contributed by atoms with Crippen molar-refractivity contribution in [3.05, 3.63) is 52.2 Å². The van der Waals surface area contributed by atoms with E-state index in [0.29, 0.717) is 37.2 Å². The standard InChI is InChI=1S/C21H26N2O3S2/c1-16-10-12-22(13-11-16)28(25,26)20-8-4-17(5-9-20)21(24)23(18-6-7-18)15-19-3-2-14-27-19/h2-5,8-9,14,16,18H,6-7,10-13,15H2,1H3. The molecule has 0 N–H and O–H groups in total. The summed E-state index contributed by atoms with van der Waals surface area (Å²) in [5.41, 5.74) is 0.551. The Bertz CT molecular complexity index is 911. The Balaban J connectivity index is 1.49. The number of nitrogens with zero attached hydrogens (tertiary/aromatic N) is 2. The highest BCUT2D eigenvalue weighted by Gasteiger charge is 2.34. The van der Waals surface area contributed by atoms with Gasteiger partial charge in [0.25, 0.3) is 5.91 Å². The molecule has 1 amide bonds. The lowest BCUT2D eigenvalue weighted by atomic mass is 10.0. The number of piperidine rings is 1. The van der Waals surface area contributed by atoms with Gasteiger partial charge in [0.05, 0.1) is 11.4 Å². The van der Waals surface area contributed by atoms with Crippen molar-refractivity contribution >= 4 is 27.3 Å². The van der Waals surface area contributed by atoms with Crippen molar-refractivity contribution in [2.45, 2.75) is 50.1 Å². The summed E-state index contributed by atoms with van der Waals surface area (Å²) in [5.74, 6) is 0.551. The molecule has 150 valence electrons. The van der Waals surface area contributed by atoms with E-state index in [9.17, 15) is 13.2 Å². The highest BCUT2D eigenvalue weighted by atomic mass is 32.2. The van der Waals surface area contributed by atoms with Crippen LogP contribution in [0, 0.1) is 5.92 Å². The van der Waals surface area contributed by atoms with Crippen LogP contribution in [0.4, 0.5) is 0 Å². The number of carbonyl (C=O) groups excluding carboxylic acids is 1. The highest BCUT2D eigenvalue weighted by molar-refractivity contribution is 7.89. The minimum atomic E-state index is -3.48. The van der Waals surface area contributed by atoms with Crippen molar-refractivity contribution in [2.24, 2.45) is 5.92 Å². The van der Waals surface area contributed by atoms with Gasteiger partial charge in [0.1, 0.15) is 0 Å². The van der Waals surface area contributed by atoms with Gasteiger partial charge in [-0.15, -0.1) is 11.3 Å². The number of sulfonamides is 1. The van der Waals surface area contributed by atoms with Crippen LogP contribution >= 0.6 is 11.3 Å². The third kappa shape index (κ3) is 4.16. The Morgan fingerprint density at radius 3 is 2.36 bits per heavy atom. The van der Waals surface area contributed by atoms with Crippen LogP contribution in [0.3, 0.4) is 0 Å². The maximum atomic E-state index is 13.0. The second-order valence-electron chi connectivity index (χ2n) is 7.85.